The number of benzene rings is 2. The van der Waals surface area contributed by atoms with Crippen LogP contribution in [0.3, 0.4) is 0 Å². The van der Waals surface area contributed by atoms with Crippen LogP contribution in [0.5, 0.6) is 0 Å². The first-order valence-corrected chi connectivity index (χ1v) is 7.15. The number of carbonyl (C=O) groups excluding carboxylic acids is 1. The van der Waals surface area contributed by atoms with Crippen LogP contribution in [0.1, 0.15) is 5.56 Å². The minimum Gasteiger partial charge on any atom is -0.464 e. The van der Waals surface area contributed by atoms with Gasteiger partial charge in [-0.2, -0.15) is 0 Å². The fourth-order valence-electron chi connectivity index (χ4n) is 1.68. The molecule has 4 heteroatoms. The molecule has 0 saturated heterocycles. The minimum absolute atomic E-state index is 0.395. The van der Waals surface area contributed by atoms with Crippen molar-refractivity contribution in [1.29, 1.82) is 0 Å². The zero-order chi connectivity index (χ0) is 14.4. The Kier molecular flexibility index (Phi) is 5.17. The van der Waals surface area contributed by atoms with E-state index in [9.17, 15) is 4.79 Å². The number of anilines is 1. The van der Waals surface area contributed by atoms with Crippen molar-refractivity contribution >= 4 is 40.3 Å². The van der Waals surface area contributed by atoms with Crippen molar-refractivity contribution in [2.75, 3.05) is 12.4 Å². The molecule has 0 aliphatic carbocycles. The maximum absolute atomic E-state index is 11.9. The van der Waals surface area contributed by atoms with E-state index in [1.165, 1.54) is 7.11 Å². The number of ether oxygens (including phenoxy) is 1. The lowest BCUT2D eigenvalue weighted by Gasteiger charge is -2.11. The Morgan fingerprint density at radius 3 is 2.40 bits per heavy atom. The van der Waals surface area contributed by atoms with E-state index in [2.05, 4.69) is 27.9 Å². The number of para-hydroxylation sites is 1. The van der Waals surface area contributed by atoms with E-state index < -0.39 is 5.97 Å². The Balaban J connectivity index is 2.32. The minimum atomic E-state index is -0.395. The maximum atomic E-state index is 11.9. The smallest absolute Gasteiger partial charge is 0.354 e. The number of carbonyl (C=O) groups is 1. The number of halogens is 1. The predicted octanol–water partition coefficient (Wildman–Crippen LogP) is 3.92. The Morgan fingerprint density at radius 1 is 1.10 bits per heavy atom. The molecule has 0 amide bonds. The SMILES string of the molecule is COC(=O)/C(=C\c1ccccc1)Nc1ccccc1I. The van der Waals surface area contributed by atoms with Crippen LogP contribution in [0.2, 0.25) is 0 Å². The van der Waals surface area contributed by atoms with Gasteiger partial charge in [0.05, 0.1) is 12.8 Å². The number of rotatable bonds is 4. The first kappa shape index (κ1) is 14.6. The molecule has 20 heavy (non-hydrogen) atoms. The van der Waals surface area contributed by atoms with Crippen LogP contribution in [-0.2, 0) is 9.53 Å². The molecule has 0 fully saturated rings. The lowest BCUT2D eigenvalue weighted by molar-refractivity contribution is -0.135. The maximum Gasteiger partial charge on any atom is 0.354 e. The molecule has 0 unspecified atom stereocenters. The summed E-state index contributed by atoms with van der Waals surface area (Å²) in [7, 11) is 1.37. The van der Waals surface area contributed by atoms with Crippen molar-refractivity contribution < 1.29 is 9.53 Å². The number of methoxy groups -OCH3 is 1. The van der Waals surface area contributed by atoms with Crippen LogP contribution < -0.4 is 5.32 Å². The zero-order valence-corrected chi connectivity index (χ0v) is 13.1. The van der Waals surface area contributed by atoms with Crippen molar-refractivity contribution in [3.63, 3.8) is 0 Å². The van der Waals surface area contributed by atoms with Gasteiger partial charge in [-0.3, -0.25) is 0 Å². The number of hydrogen-bond acceptors (Lipinski definition) is 3. The van der Waals surface area contributed by atoms with Gasteiger partial charge in [-0.1, -0.05) is 42.5 Å². The van der Waals surface area contributed by atoms with Gasteiger partial charge in [0.15, 0.2) is 0 Å². The summed E-state index contributed by atoms with van der Waals surface area (Å²) < 4.78 is 5.86. The topological polar surface area (TPSA) is 38.3 Å². The molecular weight excluding hydrogens is 365 g/mol. The first-order valence-electron chi connectivity index (χ1n) is 6.07. The molecule has 0 aromatic heterocycles. The molecule has 0 spiro atoms. The molecule has 0 saturated carbocycles. The van der Waals surface area contributed by atoms with Crippen LogP contribution in [0.25, 0.3) is 6.08 Å². The van der Waals surface area contributed by atoms with Gasteiger partial charge in [0.1, 0.15) is 5.70 Å². The van der Waals surface area contributed by atoms with Gasteiger partial charge in [-0.05, 0) is 46.4 Å². The van der Waals surface area contributed by atoms with E-state index in [-0.39, 0.29) is 0 Å². The third kappa shape index (κ3) is 3.84. The highest BCUT2D eigenvalue weighted by atomic mass is 127. The largest absolute Gasteiger partial charge is 0.464 e. The van der Waals surface area contributed by atoms with E-state index in [0.717, 1.165) is 14.8 Å². The Labute approximate surface area is 131 Å². The molecule has 2 rings (SSSR count). The van der Waals surface area contributed by atoms with Gasteiger partial charge in [-0.25, -0.2) is 4.79 Å². The third-order valence-corrected chi connectivity index (χ3v) is 3.60. The Hall–Kier alpha value is -1.82. The van der Waals surface area contributed by atoms with E-state index in [0.29, 0.717) is 5.70 Å². The summed E-state index contributed by atoms with van der Waals surface area (Å²) in [6.45, 7) is 0. The number of nitrogens with one attached hydrogen (secondary N) is 1. The monoisotopic (exact) mass is 379 g/mol. The summed E-state index contributed by atoms with van der Waals surface area (Å²) in [6, 6.07) is 17.4. The summed E-state index contributed by atoms with van der Waals surface area (Å²) in [5, 5.41) is 3.13. The van der Waals surface area contributed by atoms with Crippen LogP contribution in [-0.4, -0.2) is 13.1 Å². The lowest BCUT2D eigenvalue weighted by atomic mass is 10.2. The second kappa shape index (κ2) is 7.09. The normalized spacial score (nSPS) is 11.0. The summed E-state index contributed by atoms with van der Waals surface area (Å²) in [6.07, 6.45) is 1.77. The molecule has 102 valence electrons. The van der Waals surface area contributed by atoms with Crippen molar-refractivity contribution in [2.24, 2.45) is 0 Å². The standard InChI is InChI=1S/C16H14INO2/c1-20-16(19)15(11-12-7-3-2-4-8-12)18-14-10-6-5-9-13(14)17/h2-11,18H,1H3/b15-11+. The predicted molar refractivity (Wildman–Crippen MR) is 89.2 cm³/mol. The molecule has 2 aromatic carbocycles. The van der Waals surface area contributed by atoms with Gasteiger partial charge >= 0.3 is 5.97 Å². The number of hydrogen-bond donors (Lipinski definition) is 1. The molecule has 1 N–H and O–H groups in total. The van der Waals surface area contributed by atoms with Gasteiger partial charge in [0.25, 0.3) is 0 Å². The van der Waals surface area contributed by atoms with E-state index in [4.69, 9.17) is 4.74 Å². The van der Waals surface area contributed by atoms with Crippen LogP contribution in [0.4, 0.5) is 5.69 Å². The van der Waals surface area contributed by atoms with Crippen molar-refractivity contribution in [3.8, 4) is 0 Å². The molecular formula is C16H14INO2. The second-order valence-corrected chi connectivity index (χ2v) is 5.23. The van der Waals surface area contributed by atoms with Crippen molar-refractivity contribution in [1.82, 2.24) is 0 Å². The van der Waals surface area contributed by atoms with Crippen LogP contribution >= 0.6 is 22.6 Å². The van der Waals surface area contributed by atoms with E-state index in [1.54, 1.807) is 6.08 Å². The van der Waals surface area contributed by atoms with E-state index in [1.807, 2.05) is 54.6 Å². The summed E-state index contributed by atoms with van der Waals surface area (Å²) in [5.41, 5.74) is 2.22. The highest BCUT2D eigenvalue weighted by Crippen LogP contribution is 2.20. The van der Waals surface area contributed by atoms with Crippen LogP contribution in [0, 0.1) is 3.57 Å². The molecule has 3 nitrogen and oxygen atoms in total. The van der Waals surface area contributed by atoms with Crippen molar-refractivity contribution in [2.45, 2.75) is 0 Å². The average molecular weight is 379 g/mol. The molecule has 0 radical (unpaired) electrons. The van der Waals surface area contributed by atoms with Gasteiger partial charge in [-0.15, -0.1) is 0 Å². The lowest BCUT2D eigenvalue weighted by Crippen LogP contribution is -2.13. The summed E-state index contributed by atoms with van der Waals surface area (Å²) in [4.78, 5) is 11.9. The fourth-order valence-corrected chi connectivity index (χ4v) is 2.20. The zero-order valence-electron chi connectivity index (χ0n) is 11.0. The van der Waals surface area contributed by atoms with E-state index >= 15 is 0 Å². The quantitative estimate of drug-likeness (QED) is 0.497. The Bertz CT molecular complexity index is 623. The molecule has 0 aliphatic rings. The molecule has 0 atom stereocenters. The molecule has 2 aromatic rings. The van der Waals surface area contributed by atoms with Gasteiger partial charge < -0.3 is 10.1 Å². The highest BCUT2D eigenvalue weighted by Gasteiger charge is 2.11. The average Bonchev–Trinajstić information content (AvgIpc) is 2.49. The van der Waals surface area contributed by atoms with Crippen molar-refractivity contribution in [3.05, 3.63) is 69.4 Å². The second-order valence-electron chi connectivity index (χ2n) is 4.07. The Morgan fingerprint density at radius 2 is 1.75 bits per heavy atom. The molecule has 0 heterocycles. The summed E-state index contributed by atoms with van der Waals surface area (Å²) >= 11 is 2.22. The molecule has 0 aliphatic heterocycles. The molecule has 0 bridgehead atoms. The number of esters is 1. The first-order chi connectivity index (χ1) is 9.70. The summed E-state index contributed by atoms with van der Waals surface area (Å²) in [5.74, 6) is -0.395. The fraction of sp³-hybridized carbons (Fsp3) is 0.0625. The van der Waals surface area contributed by atoms with Gasteiger partial charge in [0, 0.05) is 3.57 Å². The van der Waals surface area contributed by atoms with Crippen LogP contribution in [0.15, 0.2) is 60.3 Å². The third-order valence-electron chi connectivity index (χ3n) is 2.66. The highest BCUT2D eigenvalue weighted by molar-refractivity contribution is 14.1. The van der Waals surface area contributed by atoms with Gasteiger partial charge in [0.2, 0.25) is 0 Å².